The van der Waals surface area contributed by atoms with E-state index in [1.165, 1.54) is 12.1 Å². The molecule has 1 heterocycles. The molecule has 1 N–H and O–H groups in total. The monoisotopic (exact) mass is 429 g/mol. The van der Waals surface area contributed by atoms with E-state index in [2.05, 4.69) is 20.7 Å². The Bertz CT molecular complexity index is 915. The Morgan fingerprint density at radius 2 is 1.76 bits per heavy atom. The maximum absolute atomic E-state index is 14.0. The zero-order valence-electron chi connectivity index (χ0n) is 13.7. The molecule has 0 bridgehead atoms. The van der Waals surface area contributed by atoms with E-state index in [9.17, 15) is 12.8 Å². The molecule has 1 aliphatic heterocycles. The molecule has 1 aliphatic rings. The lowest BCUT2D eigenvalue weighted by atomic mass is 9.95. The number of hydrogen-bond acceptors (Lipinski definition) is 4. The van der Waals surface area contributed by atoms with Gasteiger partial charge in [-0.3, -0.25) is 0 Å². The Balaban J connectivity index is 1.94. The largest absolute Gasteiger partial charge is 0.486 e. The van der Waals surface area contributed by atoms with Crippen LogP contribution in [-0.2, 0) is 15.6 Å². The smallest absolute Gasteiger partial charge is 0.244 e. The third-order valence-electron chi connectivity index (χ3n) is 3.84. The lowest BCUT2D eigenvalue weighted by Crippen LogP contribution is -2.41. The molecule has 3 rings (SSSR count). The van der Waals surface area contributed by atoms with Crippen LogP contribution in [0.4, 0.5) is 4.39 Å². The third kappa shape index (κ3) is 3.80. The highest BCUT2D eigenvalue weighted by atomic mass is 79.9. The predicted octanol–water partition coefficient (Wildman–Crippen LogP) is 3.57. The van der Waals surface area contributed by atoms with Gasteiger partial charge in [0.1, 0.15) is 23.9 Å². The molecule has 0 radical (unpaired) electrons. The second kappa shape index (κ2) is 6.59. The van der Waals surface area contributed by atoms with E-state index in [-0.39, 0.29) is 0 Å². The average Bonchev–Trinajstić information content (AvgIpc) is 2.55. The summed E-state index contributed by atoms with van der Waals surface area (Å²) in [5.74, 6) is 0.366. The first-order valence-electron chi connectivity index (χ1n) is 7.58. The maximum Gasteiger partial charge on any atom is 0.244 e. The van der Waals surface area contributed by atoms with E-state index in [1.54, 1.807) is 32.0 Å². The summed E-state index contributed by atoms with van der Waals surface area (Å²) in [5, 5.41) is 0. The normalized spacial score (nSPS) is 14.4. The van der Waals surface area contributed by atoms with Crippen molar-refractivity contribution in [3.63, 3.8) is 0 Å². The van der Waals surface area contributed by atoms with Crippen molar-refractivity contribution >= 4 is 26.0 Å². The summed E-state index contributed by atoms with van der Waals surface area (Å²) in [4.78, 5) is -0.410. The Morgan fingerprint density at radius 1 is 1.08 bits per heavy atom. The molecule has 0 amide bonds. The maximum atomic E-state index is 14.0. The lowest BCUT2D eigenvalue weighted by molar-refractivity contribution is 0.171. The molecule has 0 saturated carbocycles. The first kappa shape index (κ1) is 18.2. The molecule has 134 valence electrons. The van der Waals surface area contributed by atoms with Crippen LogP contribution < -0.4 is 14.2 Å². The Hall–Kier alpha value is -1.64. The first-order chi connectivity index (χ1) is 11.7. The molecule has 8 heteroatoms. The van der Waals surface area contributed by atoms with Gasteiger partial charge in [-0.15, -0.1) is 0 Å². The highest BCUT2D eigenvalue weighted by molar-refractivity contribution is 9.10. The molecule has 0 unspecified atom stereocenters. The number of fused-ring (bicyclic) bond motifs is 1. The minimum Gasteiger partial charge on any atom is -0.486 e. The zero-order chi connectivity index (χ0) is 18.2. The summed E-state index contributed by atoms with van der Waals surface area (Å²) >= 11 is 3.17. The van der Waals surface area contributed by atoms with E-state index in [0.717, 1.165) is 6.07 Å². The van der Waals surface area contributed by atoms with Crippen LogP contribution in [-0.4, -0.2) is 21.6 Å². The average molecular weight is 430 g/mol. The van der Waals surface area contributed by atoms with Crippen LogP contribution in [0, 0.1) is 5.82 Å². The van der Waals surface area contributed by atoms with Crippen molar-refractivity contribution in [3.05, 3.63) is 52.3 Å². The number of ether oxygens (including phenoxy) is 2. The third-order valence-corrected chi connectivity index (χ3v) is 6.00. The van der Waals surface area contributed by atoms with Gasteiger partial charge in [0.2, 0.25) is 10.0 Å². The Kier molecular flexibility index (Phi) is 4.78. The van der Waals surface area contributed by atoms with Crippen molar-refractivity contribution in [2.75, 3.05) is 13.2 Å². The quantitative estimate of drug-likeness (QED) is 0.806. The lowest BCUT2D eigenvalue weighted by Gasteiger charge is -2.28. The van der Waals surface area contributed by atoms with E-state index in [1.807, 2.05) is 0 Å². The van der Waals surface area contributed by atoms with Crippen LogP contribution in [0.5, 0.6) is 11.5 Å². The van der Waals surface area contributed by atoms with Gasteiger partial charge < -0.3 is 9.47 Å². The minimum atomic E-state index is -4.07. The molecule has 25 heavy (non-hydrogen) atoms. The van der Waals surface area contributed by atoms with Crippen LogP contribution in [0.25, 0.3) is 0 Å². The number of rotatable bonds is 4. The van der Waals surface area contributed by atoms with Gasteiger partial charge in [-0.25, -0.2) is 17.5 Å². The van der Waals surface area contributed by atoms with Gasteiger partial charge in [-0.05, 0) is 49.7 Å². The van der Waals surface area contributed by atoms with E-state index in [4.69, 9.17) is 9.47 Å². The predicted molar refractivity (Wildman–Crippen MR) is 94.9 cm³/mol. The summed E-state index contributed by atoms with van der Waals surface area (Å²) in [6, 6.07) is 9.01. The van der Waals surface area contributed by atoms with E-state index < -0.39 is 26.3 Å². The molecule has 2 aromatic carbocycles. The Morgan fingerprint density at radius 3 is 2.48 bits per heavy atom. The fourth-order valence-electron chi connectivity index (χ4n) is 2.57. The molecule has 0 aliphatic carbocycles. The van der Waals surface area contributed by atoms with Crippen LogP contribution in [0.2, 0.25) is 0 Å². The number of nitrogens with one attached hydrogen (secondary N) is 1. The molecule has 0 fully saturated rings. The summed E-state index contributed by atoms with van der Waals surface area (Å²) in [6.45, 7) is 4.31. The van der Waals surface area contributed by atoms with Crippen molar-refractivity contribution in [1.29, 1.82) is 0 Å². The molecule has 0 spiro atoms. The standard InChI is InChI=1S/C17H17BrFNO4S/c1-17(2,11-3-6-14-15(9-11)24-8-7-23-14)20-25(21,22)16-10-12(18)4-5-13(16)19/h3-6,9-10,20H,7-8H2,1-2H3. The van der Waals surface area contributed by atoms with Crippen molar-refractivity contribution in [2.24, 2.45) is 0 Å². The van der Waals surface area contributed by atoms with Gasteiger partial charge in [-0.1, -0.05) is 22.0 Å². The molecule has 0 aromatic heterocycles. The Labute approximate surface area is 154 Å². The highest BCUT2D eigenvalue weighted by Crippen LogP contribution is 2.35. The van der Waals surface area contributed by atoms with Gasteiger partial charge in [0, 0.05) is 4.47 Å². The molecule has 0 saturated heterocycles. The molecule has 5 nitrogen and oxygen atoms in total. The van der Waals surface area contributed by atoms with Crippen LogP contribution in [0.1, 0.15) is 19.4 Å². The summed E-state index contributed by atoms with van der Waals surface area (Å²) < 4.78 is 53.3. The fraction of sp³-hybridized carbons (Fsp3) is 0.294. The van der Waals surface area contributed by atoms with Crippen LogP contribution in [0.3, 0.4) is 0 Å². The van der Waals surface area contributed by atoms with Crippen molar-refractivity contribution < 1.29 is 22.3 Å². The van der Waals surface area contributed by atoms with Gasteiger partial charge in [-0.2, -0.15) is 0 Å². The number of hydrogen-bond donors (Lipinski definition) is 1. The molecular formula is C17H17BrFNO4S. The van der Waals surface area contributed by atoms with Gasteiger partial charge in [0.15, 0.2) is 11.5 Å². The highest BCUT2D eigenvalue weighted by Gasteiger charge is 2.31. The van der Waals surface area contributed by atoms with Gasteiger partial charge in [0.05, 0.1) is 5.54 Å². The summed E-state index contributed by atoms with van der Waals surface area (Å²) in [6.07, 6.45) is 0. The molecule has 2 aromatic rings. The van der Waals surface area contributed by atoms with Crippen molar-refractivity contribution in [2.45, 2.75) is 24.3 Å². The number of sulfonamides is 1. The van der Waals surface area contributed by atoms with E-state index >= 15 is 0 Å². The first-order valence-corrected chi connectivity index (χ1v) is 9.86. The number of halogens is 2. The summed E-state index contributed by atoms with van der Waals surface area (Å²) in [7, 11) is -4.07. The van der Waals surface area contributed by atoms with E-state index in [0.29, 0.717) is 34.7 Å². The second-order valence-corrected chi connectivity index (χ2v) is 8.73. The van der Waals surface area contributed by atoms with Crippen LogP contribution >= 0.6 is 15.9 Å². The van der Waals surface area contributed by atoms with Crippen molar-refractivity contribution in [3.8, 4) is 11.5 Å². The zero-order valence-corrected chi connectivity index (χ0v) is 16.1. The van der Waals surface area contributed by atoms with Gasteiger partial charge in [0.25, 0.3) is 0 Å². The minimum absolute atomic E-state index is 0.410. The molecular weight excluding hydrogens is 413 g/mol. The SMILES string of the molecule is CC(C)(NS(=O)(=O)c1cc(Br)ccc1F)c1ccc2c(c1)OCCO2. The molecule has 0 atom stereocenters. The second-order valence-electron chi connectivity index (χ2n) is 6.16. The van der Waals surface area contributed by atoms with Gasteiger partial charge >= 0.3 is 0 Å². The fourth-order valence-corrected chi connectivity index (χ4v) is 4.58. The number of benzene rings is 2. The van der Waals surface area contributed by atoms with Crippen LogP contribution in [0.15, 0.2) is 45.8 Å². The topological polar surface area (TPSA) is 64.6 Å². The van der Waals surface area contributed by atoms with Crippen molar-refractivity contribution in [1.82, 2.24) is 4.72 Å². The summed E-state index contributed by atoms with van der Waals surface area (Å²) in [5.41, 5.74) is -0.306.